The molecule has 1 fully saturated rings. The van der Waals surface area contributed by atoms with Crippen LogP contribution >= 0.6 is 0 Å². The molecule has 1 aliphatic heterocycles. The predicted molar refractivity (Wildman–Crippen MR) is 58.3 cm³/mol. The van der Waals surface area contributed by atoms with Gasteiger partial charge in [0.15, 0.2) is 0 Å². The Morgan fingerprint density at radius 3 is 2.40 bits per heavy atom. The summed E-state index contributed by atoms with van der Waals surface area (Å²) in [5.74, 6) is 0.0275. The van der Waals surface area contributed by atoms with Crippen molar-refractivity contribution in [1.29, 1.82) is 0 Å². The number of nitrogens with zero attached hydrogens (tertiary/aromatic N) is 1. The minimum absolute atomic E-state index is 0.0138. The number of imide groups is 1. The van der Waals surface area contributed by atoms with Gasteiger partial charge >= 0.3 is 0 Å². The van der Waals surface area contributed by atoms with Crippen molar-refractivity contribution in [3.8, 4) is 0 Å². The van der Waals surface area contributed by atoms with E-state index in [2.05, 4.69) is 5.32 Å². The second-order valence-corrected chi connectivity index (χ2v) is 3.96. The highest BCUT2D eigenvalue weighted by Gasteiger charge is 2.24. The van der Waals surface area contributed by atoms with E-state index < -0.39 is 0 Å². The minimum Gasteiger partial charge on any atom is -0.320 e. The summed E-state index contributed by atoms with van der Waals surface area (Å²) in [6.45, 7) is 1.61. The van der Waals surface area contributed by atoms with Crippen LogP contribution in [0.2, 0.25) is 0 Å². The quantitative estimate of drug-likeness (QED) is 0.526. The molecule has 4 heteroatoms. The van der Waals surface area contributed by atoms with Gasteiger partial charge in [0, 0.05) is 19.4 Å². The molecular weight excluding hydrogens is 192 g/mol. The topological polar surface area (TPSA) is 49.4 Å². The fraction of sp³-hybridized carbons (Fsp3) is 0.818. The summed E-state index contributed by atoms with van der Waals surface area (Å²) in [5, 5.41) is 3.08. The molecule has 0 aliphatic carbocycles. The molecule has 0 radical (unpaired) electrons. The van der Waals surface area contributed by atoms with Crippen LogP contribution in [0.4, 0.5) is 0 Å². The maximum atomic E-state index is 11.4. The Morgan fingerprint density at radius 1 is 1.13 bits per heavy atom. The maximum absolute atomic E-state index is 11.4. The molecule has 1 saturated heterocycles. The number of unbranched alkanes of at least 4 members (excludes halogenated alkanes) is 2. The van der Waals surface area contributed by atoms with E-state index in [4.69, 9.17) is 0 Å². The molecule has 1 rings (SSSR count). The van der Waals surface area contributed by atoms with Crippen LogP contribution in [-0.4, -0.2) is 36.9 Å². The molecule has 0 aromatic rings. The van der Waals surface area contributed by atoms with Gasteiger partial charge in [0.2, 0.25) is 11.8 Å². The highest BCUT2D eigenvalue weighted by Crippen LogP contribution is 2.13. The summed E-state index contributed by atoms with van der Waals surface area (Å²) >= 11 is 0. The molecule has 0 aromatic heterocycles. The first kappa shape index (κ1) is 12.2. The van der Waals surface area contributed by atoms with Gasteiger partial charge in [-0.05, 0) is 32.9 Å². The predicted octanol–water partition coefficient (Wildman–Crippen LogP) is 0.915. The Kier molecular flexibility index (Phi) is 5.32. The highest BCUT2D eigenvalue weighted by molar-refractivity contribution is 5.97. The summed E-state index contributed by atoms with van der Waals surface area (Å²) < 4.78 is 0. The van der Waals surface area contributed by atoms with Gasteiger partial charge in [0.25, 0.3) is 0 Å². The first-order valence-corrected chi connectivity index (χ1v) is 5.73. The summed E-state index contributed by atoms with van der Waals surface area (Å²) in [4.78, 5) is 24.3. The molecule has 0 spiro atoms. The zero-order valence-corrected chi connectivity index (χ0v) is 9.42. The largest absolute Gasteiger partial charge is 0.320 e. The molecule has 0 bridgehead atoms. The first-order chi connectivity index (χ1) is 7.25. The molecule has 15 heavy (non-hydrogen) atoms. The van der Waals surface area contributed by atoms with E-state index in [0.717, 1.165) is 32.2 Å². The first-order valence-electron chi connectivity index (χ1n) is 5.73. The lowest BCUT2D eigenvalue weighted by Crippen LogP contribution is -2.40. The van der Waals surface area contributed by atoms with Crippen LogP contribution in [0.15, 0.2) is 0 Å². The Labute approximate surface area is 91.0 Å². The van der Waals surface area contributed by atoms with E-state index in [1.165, 1.54) is 4.90 Å². The molecule has 1 aliphatic rings. The van der Waals surface area contributed by atoms with Crippen molar-refractivity contribution in [1.82, 2.24) is 10.2 Å². The average Bonchev–Trinajstić information content (AvgIpc) is 2.21. The number of rotatable bonds is 6. The monoisotopic (exact) mass is 212 g/mol. The molecular formula is C11H20N2O2. The molecule has 0 saturated carbocycles. The lowest BCUT2D eigenvalue weighted by atomic mass is 10.1. The van der Waals surface area contributed by atoms with Crippen molar-refractivity contribution in [2.75, 3.05) is 20.1 Å². The van der Waals surface area contributed by atoms with Crippen LogP contribution in [-0.2, 0) is 9.59 Å². The fourth-order valence-electron chi connectivity index (χ4n) is 1.80. The van der Waals surface area contributed by atoms with Crippen LogP contribution in [0.3, 0.4) is 0 Å². The SMILES string of the molecule is CNCCCCCN1C(=O)CCCC1=O. The number of amides is 2. The molecule has 0 atom stereocenters. The average molecular weight is 212 g/mol. The molecule has 2 amide bonds. The second-order valence-electron chi connectivity index (χ2n) is 3.96. The van der Waals surface area contributed by atoms with Gasteiger partial charge < -0.3 is 5.32 Å². The lowest BCUT2D eigenvalue weighted by molar-refractivity contribution is -0.147. The highest BCUT2D eigenvalue weighted by atomic mass is 16.2. The van der Waals surface area contributed by atoms with Crippen molar-refractivity contribution < 1.29 is 9.59 Å². The Morgan fingerprint density at radius 2 is 1.80 bits per heavy atom. The third-order valence-corrected chi connectivity index (χ3v) is 2.69. The standard InChI is InChI=1S/C11H20N2O2/c1-12-8-3-2-4-9-13-10(14)6-5-7-11(13)15/h12H,2-9H2,1H3. The van der Waals surface area contributed by atoms with Crippen molar-refractivity contribution in [2.24, 2.45) is 0 Å². The summed E-state index contributed by atoms with van der Waals surface area (Å²) in [6, 6.07) is 0. The third kappa shape index (κ3) is 4.00. The van der Waals surface area contributed by atoms with E-state index >= 15 is 0 Å². The van der Waals surface area contributed by atoms with Gasteiger partial charge in [-0.1, -0.05) is 6.42 Å². The van der Waals surface area contributed by atoms with E-state index in [-0.39, 0.29) is 11.8 Å². The molecule has 86 valence electrons. The van der Waals surface area contributed by atoms with Crippen LogP contribution in [0.5, 0.6) is 0 Å². The molecule has 1 N–H and O–H groups in total. The maximum Gasteiger partial charge on any atom is 0.229 e. The Balaban J connectivity index is 2.18. The molecule has 1 heterocycles. The number of hydrogen-bond acceptors (Lipinski definition) is 3. The number of hydrogen-bond donors (Lipinski definition) is 1. The smallest absolute Gasteiger partial charge is 0.229 e. The summed E-state index contributed by atoms with van der Waals surface area (Å²) in [5.41, 5.74) is 0. The second kappa shape index (κ2) is 6.56. The normalized spacial score (nSPS) is 17.3. The van der Waals surface area contributed by atoms with Crippen LogP contribution in [0.25, 0.3) is 0 Å². The van der Waals surface area contributed by atoms with Crippen molar-refractivity contribution >= 4 is 11.8 Å². The summed E-state index contributed by atoms with van der Waals surface area (Å²) in [7, 11) is 1.93. The zero-order valence-electron chi connectivity index (χ0n) is 9.42. The fourth-order valence-corrected chi connectivity index (χ4v) is 1.80. The minimum atomic E-state index is 0.0138. The van der Waals surface area contributed by atoms with E-state index in [1.807, 2.05) is 7.05 Å². The van der Waals surface area contributed by atoms with Crippen molar-refractivity contribution in [3.05, 3.63) is 0 Å². The van der Waals surface area contributed by atoms with Gasteiger partial charge in [0.1, 0.15) is 0 Å². The molecule has 0 aromatic carbocycles. The van der Waals surface area contributed by atoms with Crippen LogP contribution < -0.4 is 5.32 Å². The molecule has 0 unspecified atom stereocenters. The Bertz CT molecular complexity index is 213. The van der Waals surface area contributed by atoms with Crippen molar-refractivity contribution in [2.45, 2.75) is 38.5 Å². The van der Waals surface area contributed by atoms with Gasteiger partial charge in [-0.3, -0.25) is 14.5 Å². The number of nitrogens with one attached hydrogen (secondary N) is 1. The van der Waals surface area contributed by atoms with Crippen LogP contribution in [0.1, 0.15) is 38.5 Å². The van der Waals surface area contributed by atoms with Crippen LogP contribution in [0, 0.1) is 0 Å². The zero-order chi connectivity index (χ0) is 11.1. The number of carbonyl (C=O) groups excluding carboxylic acids is 2. The van der Waals surface area contributed by atoms with E-state index in [1.54, 1.807) is 0 Å². The number of piperidine rings is 1. The third-order valence-electron chi connectivity index (χ3n) is 2.69. The van der Waals surface area contributed by atoms with Gasteiger partial charge in [-0.2, -0.15) is 0 Å². The van der Waals surface area contributed by atoms with E-state index in [9.17, 15) is 9.59 Å². The lowest BCUT2D eigenvalue weighted by Gasteiger charge is -2.24. The number of carbonyl (C=O) groups is 2. The van der Waals surface area contributed by atoms with Gasteiger partial charge in [-0.25, -0.2) is 0 Å². The van der Waals surface area contributed by atoms with Gasteiger partial charge in [0.05, 0.1) is 0 Å². The Hall–Kier alpha value is -0.900. The van der Waals surface area contributed by atoms with Crippen molar-refractivity contribution in [3.63, 3.8) is 0 Å². The summed E-state index contributed by atoms with van der Waals surface area (Å²) in [6.07, 6.45) is 4.92. The molecule has 4 nitrogen and oxygen atoms in total. The number of likely N-dealkylation sites (tertiary alicyclic amines) is 1. The van der Waals surface area contributed by atoms with Gasteiger partial charge in [-0.15, -0.1) is 0 Å². The van der Waals surface area contributed by atoms with E-state index in [0.29, 0.717) is 19.4 Å².